The first-order valence-electron chi connectivity index (χ1n) is 10.2. The van der Waals surface area contributed by atoms with Crippen molar-refractivity contribution in [3.63, 3.8) is 0 Å². The van der Waals surface area contributed by atoms with Gasteiger partial charge in [0.1, 0.15) is 5.35 Å². The third kappa shape index (κ3) is 5.57. The normalized spacial score (nSPS) is 19.2. The molecule has 156 valence electrons. The van der Waals surface area contributed by atoms with Gasteiger partial charge in [-0.1, -0.05) is 18.7 Å². The Labute approximate surface area is 171 Å². The molecule has 0 spiro atoms. The lowest BCUT2D eigenvalue weighted by Crippen LogP contribution is -2.36. The van der Waals surface area contributed by atoms with Crippen molar-refractivity contribution < 1.29 is 4.79 Å². The molecular formula is C21H31N7O. The van der Waals surface area contributed by atoms with E-state index in [4.69, 9.17) is 0 Å². The SMILES string of the molecule is C=c1[nH]c(NC)n/c1=C(/C=C\C)C(=O)NCC1CCCN(Cc2cnc[nH]2)CC1. The maximum Gasteiger partial charge on any atom is 0.253 e. The molecule has 2 aromatic rings. The number of allylic oxidation sites excluding steroid dienone is 1. The summed E-state index contributed by atoms with van der Waals surface area (Å²) in [6.07, 6.45) is 10.6. The summed E-state index contributed by atoms with van der Waals surface area (Å²) in [5.41, 5.74) is 1.68. The molecule has 1 aliphatic heterocycles. The van der Waals surface area contributed by atoms with E-state index in [1.54, 1.807) is 19.5 Å². The highest BCUT2D eigenvalue weighted by molar-refractivity contribution is 6.16. The van der Waals surface area contributed by atoms with Crippen LogP contribution in [-0.4, -0.2) is 57.4 Å². The molecule has 2 aromatic heterocycles. The van der Waals surface area contributed by atoms with Crippen molar-refractivity contribution in [2.75, 3.05) is 32.0 Å². The van der Waals surface area contributed by atoms with Crippen molar-refractivity contribution in [2.24, 2.45) is 5.92 Å². The van der Waals surface area contributed by atoms with E-state index in [0.717, 1.165) is 44.6 Å². The third-order valence-corrected chi connectivity index (χ3v) is 5.29. The maximum absolute atomic E-state index is 12.9. The number of imidazole rings is 2. The molecule has 0 saturated carbocycles. The molecular weight excluding hydrogens is 366 g/mol. The molecule has 8 heteroatoms. The van der Waals surface area contributed by atoms with Crippen LogP contribution in [-0.2, 0) is 11.3 Å². The molecule has 0 aromatic carbocycles. The number of carbonyl (C=O) groups excluding carboxylic acids is 1. The zero-order valence-corrected chi connectivity index (χ0v) is 17.3. The minimum absolute atomic E-state index is 0.110. The van der Waals surface area contributed by atoms with Gasteiger partial charge in [0.25, 0.3) is 5.91 Å². The van der Waals surface area contributed by atoms with E-state index in [9.17, 15) is 4.79 Å². The van der Waals surface area contributed by atoms with Crippen LogP contribution >= 0.6 is 0 Å². The van der Waals surface area contributed by atoms with Gasteiger partial charge < -0.3 is 20.6 Å². The number of hydrogen-bond donors (Lipinski definition) is 4. The number of carbonyl (C=O) groups is 1. The summed E-state index contributed by atoms with van der Waals surface area (Å²) >= 11 is 0. The summed E-state index contributed by atoms with van der Waals surface area (Å²) in [5, 5.41) is 7.27. The molecule has 1 amide bonds. The van der Waals surface area contributed by atoms with Crippen LogP contribution in [0.3, 0.4) is 0 Å². The van der Waals surface area contributed by atoms with E-state index in [-0.39, 0.29) is 5.91 Å². The summed E-state index contributed by atoms with van der Waals surface area (Å²) in [7, 11) is 1.78. The Morgan fingerprint density at radius 1 is 1.41 bits per heavy atom. The average molecular weight is 398 g/mol. The van der Waals surface area contributed by atoms with Crippen LogP contribution in [0.4, 0.5) is 5.95 Å². The minimum atomic E-state index is -0.110. The quantitative estimate of drug-likeness (QED) is 0.552. The lowest BCUT2D eigenvalue weighted by atomic mass is 10.0. The van der Waals surface area contributed by atoms with Crippen molar-refractivity contribution in [3.8, 4) is 0 Å². The highest BCUT2D eigenvalue weighted by Gasteiger charge is 2.19. The number of nitrogens with zero attached hydrogens (tertiary/aromatic N) is 3. The van der Waals surface area contributed by atoms with E-state index < -0.39 is 0 Å². The van der Waals surface area contributed by atoms with Crippen LogP contribution in [0, 0.1) is 5.92 Å². The number of aromatic nitrogens is 4. The minimum Gasteiger partial charge on any atom is -0.359 e. The summed E-state index contributed by atoms with van der Waals surface area (Å²) in [6.45, 7) is 9.54. The number of likely N-dealkylation sites (tertiary alicyclic amines) is 1. The third-order valence-electron chi connectivity index (χ3n) is 5.29. The van der Waals surface area contributed by atoms with Crippen LogP contribution < -0.4 is 21.3 Å². The van der Waals surface area contributed by atoms with E-state index >= 15 is 0 Å². The molecule has 1 aliphatic rings. The summed E-state index contributed by atoms with van der Waals surface area (Å²) in [4.78, 5) is 30.0. The van der Waals surface area contributed by atoms with E-state index in [1.165, 1.54) is 0 Å². The number of amides is 1. The summed E-state index contributed by atoms with van der Waals surface area (Å²) in [5.74, 6) is 0.963. The van der Waals surface area contributed by atoms with Gasteiger partial charge in [-0.25, -0.2) is 9.97 Å². The van der Waals surface area contributed by atoms with E-state index in [2.05, 4.69) is 42.0 Å². The molecule has 3 heterocycles. The largest absolute Gasteiger partial charge is 0.359 e. The van der Waals surface area contributed by atoms with Gasteiger partial charge >= 0.3 is 0 Å². The van der Waals surface area contributed by atoms with Crippen molar-refractivity contribution in [1.82, 2.24) is 30.2 Å². The first-order valence-corrected chi connectivity index (χ1v) is 10.2. The van der Waals surface area contributed by atoms with Gasteiger partial charge in [0.2, 0.25) is 5.95 Å². The molecule has 0 bridgehead atoms. The molecule has 1 fully saturated rings. The Morgan fingerprint density at radius 3 is 2.97 bits per heavy atom. The van der Waals surface area contributed by atoms with Gasteiger partial charge in [0.15, 0.2) is 0 Å². The van der Waals surface area contributed by atoms with Gasteiger partial charge in [-0.15, -0.1) is 0 Å². The average Bonchev–Trinajstić information content (AvgIpc) is 3.30. The second-order valence-corrected chi connectivity index (χ2v) is 7.44. The van der Waals surface area contributed by atoms with Crippen LogP contribution in [0.2, 0.25) is 0 Å². The van der Waals surface area contributed by atoms with Gasteiger partial charge in [-0.2, -0.15) is 0 Å². The smallest absolute Gasteiger partial charge is 0.253 e. The molecule has 29 heavy (non-hydrogen) atoms. The zero-order chi connectivity index (χ0) is 20.6. The van der Waals surface area contributed by atoms with Crippen molar-refractivity contribution in [3.05, 3.63) is 41.1 Å². The number of hydrogen-bond acceptors (Lipinski definition) is 5. The highest BCUT2D eigenvalue weighted by Crippen LogP contribution is 2.18. The molecule has 0 aliphatic carbocycles. The van der Waals surface area contributed by atoms with Crippen LogP contribution in [0.15, 0.2) is 24.7 Å². The number of nitrogens with one attached hydrogen (secondary N) is 4. The van der Waals surface area contributed by atoms with Crippen LogP contribution in [0.25, 0.3) is 12.2 Å². The first-order chi connectivity index (χ1) is 14.1. The predicted octanol–water partition coefficient (Wildman–Crippen LogP) is 0.730. The molecule has 1 saturated heterocycles. The summed E-state index contributed by atoms with van der Waals surface area (Å²) in [6, 6.07) is 0. The molecule has 1 unspecified atom stereocenters. The molecule has 8 nitrogen and oxygen atoms in total. The Morgan fingerprint density at radius 2 is 2.28 bits per heavy atom. The van der Waals surface area contributed by atoms with Gasteiger partial charge in [-0.3, -0.25) is 9.69 Å². The second-order valence-electron chi connectivity index (χ2n) is 7.44. The fourth-order valence-corrected chi connectivity index (χ4v) is 3.71. The Balaban J connectivity index is 1.60. The fraction of sp³-hybridized carbons (Fsp3) is 0.476. The lowest BCUT2D eigenvalue weighted by molar-refractivity contribution is -0.115. The van der Waals surface area contributed by atoms with E-state index in [0.29, 0.717) is 34.7 Å². The highest BCUT2D eigenvalue weighted by atomic mass is 16.1. The van der Waals surface area contributed by atoms with Crippen LogP contribution in [0.1, 0.15) is 31.9 Å². The van der Waals surface area contributed by atoms with Crippen molar-refractivity contribution in [2.45, 2.75) is 32.7 Å². The maximum atomic E-state index is 12.9. The fourth-order valence-electron chi connectivity index (χ4n) is 3.71. The monoisotopic (exact) mass is 397 g/mol. The summed E-state index contributed by atoms with van der Waals surface area (Å²) < 4.78 is 0. The van der Waals surface area contributed by atoms with Crippen molar-refractivity contribution in [1.29, 1.82) is 0 Å². The number of anilines is 1. The van der Waals surface area contributed by atoms with Gasteiger partial charge in [-0.05, 0) is 45.2 Å². The Kier molecular flexibility index (Phi) is 7.24. The number of aromatic amines is 2. The van der Waals surface area contributed by atoms with E-state index in [1.807, 2.05) is 19.2 Å². The second kappa shape index (κ2) is 10.1. The standard InChI is InChI=1S/C21H31N7O/c1-4-6-18(19-15(2)26-21(22-3)27-19)20(29)24-11-16-7-5-9-28(10-8-16)13-17-12-23-14-25-17/h4,6,12,14,16H,2,5,7-11,13H2,1,3H3,(H,23,25)(H,24,29)(H2,22,26,27)/b6-4-,19-18-. The topological polar surface area (TPSA) is 102 Å². The van der Waals surface area contributed by atoms with Gasteiger partial charge in [0.05, 0.1) is 17.2 Å². The molecule has 0 radical (unpaired) electrons. The van der Waals surface area contributed by atoms with Gasteiger partial charge in [0, 0.05) is 32.0 Å². The van der Waals surface area contributed by atoms with Crippen molar-refractivity contribution >= 4 is 24.0 Å². The predicted molar refractivity (Wildman–Crippen MR) is 115 cm³/mol. The Bertz CT molecular complexity index is 929. The number of H-pyrrole nitrogens is 2. The molecule has 3 rings (SSSR count). The zero-order valence-electron chi connectivity index (χ0n) is 17.3. The lowest BCUT2D eigenvalue weighted by Gasteiger charge is -2.19. The molecule has 4 N–H and O–H groups in total. The molecule has 1 atom stereocenters. The van der Waals surface area contributed by atoms with Crippen LogP contribution in [0.5, 0.6) is 0 Å². The number of rotatable bonds is 7. The first kappa shape index (κ1) is 20.9. The Hall–Kier alpha value is -2.87.